The van der Waals surface area contributed by atoms with Crippen LogP contribution >= 0.6 is 0 Å². The van der Waals surface area contributed by atoms with Gasteiger partial charge in [-0.15, -0.1) is 0 Å². The smallest absolute Gasteiger partial charge is 0.143 e. The first-order valence-corrected chi connectivity index (χ1v) is 7.99. The molecule has 0 saturated heterocycles. The Morgan fingerprint density at radius 2 is 2.00 bits per heavy atom. The number of aryl methyl sites for hydroxylation is 1. The Labute approximate surface area is 136 Å². The summed E-state index contributed by atoms with van der Waals surface area (Å²) in [6, 6.07) is 12.6. The van der Waals surface area contributed by atoms with E-state index in [4.69, 9.17) is 0 Å². The molecular weight excluding hydrogens is 286 g/mol. The summed E-state index contributed by atoms with van der Waals surface area (Å²) in [5.41, 5.74) is 3.34. The van der Waals surface area contributed by atoms with Crippen molar-refractivity contribution >= 4 is 16.9 Å². The lowest BCUT2D eigenvalue weighted by atomic mass is 10.2. The van der Waals surface area contributed by atoms with Gasteiger partial charge in [-0.25, -0.2) is 9.97 Å². The van der Waals surface area contributed by atoms with Gasteiger partial charge < -0.3 is 15.2 Å². The molecule has 0 saturated carbocycles. The van der Waals surface area contributed by atoms with Crippen LogP contribution in [0.1, 0.15) is 17.7 Å². The molecule has 2 N–H and O–H groups in total. The molecule has 5 heteroatoms. The number of hydrogen-bond acceptors (Lipinski definition) is 4. The van der Waals surface area contributed by atoms with Crippen molar-refractivity contribution in [1.29, 1.82) is 0 Å². The summed E-state index contributed by atoms with van der Waals surface area (Å²) in [7, 11) is 2.16. The van der Waals surface area contributed by atoms with Gasteiger partial charge in [0, 0.05) is 18.8 Å². The summed E-state index contributed by atoms with van der Waals surface area (Å²) in [5.74, 6) is 0.907. The van der Waals surface area contributed by atoms with Crippen LogP contribution in [-0.4, -0.2) is 40.0 Å². The van der Waals surface area contributed by atoms with Crippen molar-refractivity contribution in [3.63, 3.8) is 0 Å². The van der Waals surface area contributed by atoms with Crippen molar-refractivity contribution < 1.29 is 0 Å². The van der Waals surface area contributed by atoms with Gasteiger partial charge in [0.15, 0.2) is 0 Å². The van der Waals surface area contributed by atoms with Gasteiger partial charge in [-0.1, -0.05) is 30.3 Å². The Kier molecular flexibility index (Phi) is 4.88. The van der Waals surface area contributed by atoms with Crippen LogP contribution in [0.5, 0.6) is 0 Å². The van der Waals surface area contributed by atoms with Crippen LogP contribution in [0.3, 0.4) is 0 Å². The van der Waals surface area contributed by atoms with Crippen LogP contribution in [0.2, 0.25) is 0 Å². The summed E-state index contributed by atoms with van der Waals surface area (Å²) >= 11 is 0. The molecule has 0 fully saturated rings. The third-order valence-electron chi connectivity index (χ3n) is 3.86. The van der Waals surface area contributed by atoms with Gasteiger partial charge >= 0.3 is 0 Å². The second-order valence-electron chi connectivity index (χ2n) is 5.94. The summed E-state index contributed by atoms with van der Waals surface area (Å²) in [6.45, 7) is 4.96. The van der Waals surface area contributed by atoms with E-state index < -0.39 is 0 Å². The summed E-state index contributed by atoms with van der Waals surface area (Å²) in [6.07, 6.45) is 2.67. The van der Waals surface area contributed by atoms with Gasteiger partial charge in [-0.2, -0.15) is 0 Å². The summed E-state index contributed by atoms with van der Waals surface area (Å²) in [5, 5.41) is 4.48. The first kappa shape index (κ1) is 15.5. The predicted molar refractivity (Wildman–Crippen MR) is 94.5 cm³/mol. The number of aromatic amines is 1. The molecule has 0 aliphatic rings. The number of benzene rings is 1. The number of rotatable bonds is 7. The maximum absolute atomic E-state index is 4.35. The van der Waals surface area contributed by atoms with Crippen molar-refractivity contribution in [2.45, 2.75) is 19.9 Å². The van der Waals surface area contributed by atoms with Gasteiger partial charge in [-0.05, 0) is 38.6 Å². The molecule has 1 aromatic carbocycles. The molecule has 2 heterocycles. The number of aromatic nitrogens is 3. The lowest BCUT2D eigenvalue weighted by Crippen LogP contribution is -2.21. The fraction of sp³-hybridized carbons (Fsp3) is 0.333. The molecule has 0 radical (unpaired) electrons. The average molecular weight is 309 g/mol. The minimum absolute atomic E-state index is 0.890. The highest BCUT2D eigenvalue weighted by atomic mass is 15.1. The minimum atomic E-state index is 0.890. The second-order valence-corrected chi connectivity index (χ2v) is 5.94. The highest BCUT2D eigenvalue weighted by Gasteiger charge is 2.06. The maximum Gasteiger partial charge on any atom is 0.143 e. The van der Waals surface area contributed by atoms with Gasteiger partial charge in [0.2, 0.25) is 0 Å². The zero-order valence-corrected chi connectivity index (χ0v) is 13.7. The molecule has 0 amide bonds. The van der Waals surface area contributed by atoms with E-state index in [0.717, 1.165) is 48.6 Å². The molecule has 2 aromatic heterocycles. The number of hydrogen-bond donors (Lipinski definition) is 2. The van der Waals surface area contributed by atoms with Crippen molar-refractivity contribution in [1.82, 2.24) is 19.9 Å². The standard InChI is InChI=1S/C18H23N5/c1-14-11-16-17(20-13-21-18(16)22-14)19-9-6-10-23(2)12-15-7-4-3-5-8-15/h3-5,7-8,11,13H,6,9-10,12H2,1-2H3,(H2,19,20,21,22). The Morgan fingerprint density at radius 3 is 2.83 bits per heavy atom. The van der Waals surface area contributed by atoms with E-state index in [2.05, 4.69) is 68.6 Å². The first-order chi connectivity index (χ1) is 11.2. The number of nitrogens with zero attached hydrogens (tertiary/aromatic N) is 3. The molecule has 23 heavy (non-hydrogen) atoms. The molecule has 0 aliphatic heterocycles. The number of anilines is 1. The topological polar surface area (TPSA) is 56.8 Å². The Balaban J connectivity index is 1.47. The summed E-state index contributed by atoms with van der Waals surface area (Å²) < 4.78 is 0. The molecule has 3 rings (SSSR count). The molecule has 5 nitrogen and oxygen atoms in total. The Hall–Kier alpha value is -2.40. The largest absolute Gasteiger partial charge is 0.369 e. The molecule has 120 valence electrons. The first-order valence-electron chi connectivity index (χ1n) is 7.99. The fourth-order valence-corrected chi connectivity index (χ4v) is 2.74. The molecule has 0 spiro atoms. The monoisotopic (exact) mass is 309 g/mol. The molecule has 0 bridgehead atoms. The van der Waals surface area contributed by atoms with Gasteiger partial charge in [0.05, 0.1) is 5.39 Å². The third kappa shape index (κ3) is 4.07. The van der Waals surface area contributed by atoms with Crippen LogP contribution in [0, 0.1) is 6.92 Å². The van der Waals surface area contributed by atoms with Gasteiger partial charge in [0.25, 0.3) is 0 Å². The lowest BCUT2D eigenvalue weighted by Gasteiger charge is -2.16. The maximum atomic E-state index is 4.35. The van der Waals surface area contributed by atoms with Crippen LogP contribution in [0.15, 0.2) is 42.7 Å². The lowest BCUT2D eigenvalue weighted by molar-refractivity contribution is 0.325. The average Bonchev–Trinajstić information content (AvgIpc) is 2.93. The van der Waals surface area contributed by atoms with Crippen LogP contribution in [0.4, 0.5) is 5.82 Å². The van der Waals surface area contributed by atoms with E-state index in [1.54, 1.807) is 6.33 Å². The zero-order chi connectivity index (χ0) is 16.1. The fourth-order valence-electron chi connectivity index (χ4n) is 2.74. The van der Waals surface area contributed by atoms with Crippen molar-refractivity contribution in [3.8, 4) is 0 Å². The van der Waals surface area contributed by atoms with E-state index in [1.165, 1.54) is 5.56 Å². The third-order valence-corrected chi connectivity index (χ3v) is 3.86. The van der Waals surface area contributed by atoms with Crippen molar-refractivity contribution in [2.24, 2.45) is 0 Å². The molecular formula is C18H23N5. The van der Waals surface area contributed by atoms with E-state index in [9.17, 15) is 0 Å². The molecule has 0 aliphatic carbocycles. The van der Waals surface area contributed by atoms with Crippen molar-refractivity contribution in [3.05, 3.63) is 54.0 Å². The Bertz CT molecular complexity index is 750. The summed E-state index contributed by atoms with van der Waals surface area (Å²) in [4.78, 5) is 14.2. The normalized spacial score (nSPS) is 11.3. The van der Waals surface area contributed by atoms with Crippen LogP contribution < -0.4 is 5.32 Å². The van der Waals surface area contributed by atoms with E-state index in [0.29, 0.717) is 0 Å². The van der Waals surface area contributed by atoms with E-state index in [-0.39, 0.29) is 0 Å². The van der Waals surface area contributed by atoms with E-state index >= 15 is 0 Å². The van der Waals surface area contributed by atoms with Crippen LogP contribution in [0.25, 0.3) is 11.0 Å². The number of H-pyrrole nitrogens is 1. The zero-order valence-electron chi connectivity index (χ0n) is 13.7. The quantitative estimate of drug-likeness (QED) is 0.658. The Morgan fingerprint density at radius 1 is 1.17 bits per heavy atom. The molecule has 3 aromatic rings. The van der Waals surface area contributed by atoms with Crippen LogP contribution in [-0.2, 0) is 6.54 Å². The van der Waals surface area contributed by atoms with E-state index in [1.807, 2.05) is 6.92 Å². The number of fused-ring (bicyclic) bond motifs is 1. The highest BCUT2D eigenvalue weighted by Crippen LogP contribution is 2.19. The molecule has 0 atom stereocenters. The minimum Gasteiger partial charge on any atom is -0.369 e. The SMILES string of the molecule is Cc1cc2c(NCCCN(C)Cc3ccccc3)ncnc2[nH]1. The molecule has 0 unspecified atom stereocenters. The second kappa shape index (κ2) is 7.24. The number of nitrogens with one attached hydrogen (secondary N) is 2. The van der Waals surface area contributed by atoms with Gasteiger partial charge in [-0.3, -0.25) is 0 Å². The van der Waals surface area contributed by atoms with Gasteiger partial charge in [0.1, 0.15) is 17.8 Å². The highest BCUT2D eigenvalue weighted by molar-refractivity contribution is 5.87. The predicted octanol–water partition coefficient (Wildman–Crippen LogP) is 3.20. The van der Waals surface area contributed by atoms with Crippen molar-refractivity contribution in [2.75, 3.05) is 25.5 Å².